The summed E-state index contributed by atoms with van der Waals surface area (Å²) in [5, 5.41) is 0. The molecule has 0 aliphatic carbocycles. The zero-order chi connectivity index (χ0) is 10.2. The molecule has 0 aromatic heterocycles. The molecule has 12 heavy (non-hydrogen) atoms. The molecular formula is C6H22N2P2S2. The number of rotatable bonds is 3. The highest BCUT2D eigenvalue weighted by Gasteiger charge is 1.57. The van der Waals surface area contributed by atoms with Crippen molar-refractivity contribution in [2.75, 3.05) is 36.9 Å². The molecule has 0 heterocycles. The molecule has 2 atom stereocenters. The minimum atomic E-state index is 0.684. The Morgan fingerprint density at radius 1 is 0.833 bits per heavy atom. The molecule has 0 saturated heterocycles. The molecule has 0 rings (SSSR count). The maximum Gasteiger partial charge on any atom is 0.00255 e. The Bertz CT molecular complexity index is 37.0. The Morgan fingerprint density at radius 2 is 1.08 bits per heavy atom. The third-order valence-corrected chi connectivity index (χ3v) is 2.05. The first-order chi connectivity index (χ1) is 5.74. The summed E-state index contributed by atoms with van der Waals surface area (Å²) in [4.78, 5) is 0. The summed E-state index contributed by atoms with van der Waals surface area (Å²) in [6, 6.07) is 0. The second-order valence-corrected chi connectivity index (χ2v) is 3.65. The minimum absolute atomic E-state index is 0.684. The van der Waals surface area contributed by atoms with Gasteiger partial charge in [-0.15, -0.1) is 18.5 Å². The van der Waals surface area contributed by atoms with E-state index in [1.165, 1.54) is 0 Å². The van der Waals surface area contributed by atoms with Gasteiger partial charge in [0.1, 0.15) is 0 Å². The molecule has 0 aliphatic heterocycles. The van der Waals surface area contributed by atoms with E-state index in [1.54, 1.807) is 0 Å². The SMILES string of the molecule is NCCP.NCCS.PCCS. The lowest BCUT2D eigenvalue weighted by Gasteiger charge is -1.70. The predicted molar refractivity (Wildman–Crippen MR) is 75.0 cm³/mol. The normalized spacial score (nSPS) is 7.50. The van der Waals surface area contributed by atoms with Gasteiger partial charge >= 0.3 is 0 Å². The van der Waals surface area contributed by atoms with Gasteiger partial charge < -0.3 is 11.5 Å². The summed E-state index contributed by atoms with van der Waals surface area (Å²) in [5.74, 6) is 1.77. The number of hydrogen-bond donors (Lipinski definition) is 4. The number of nitrogens with two attached hydrogens (primary N) is 2. The first-order valence-corrected chi connectivity index (χ1v) is 6.66. The molecule has 0 spiro atoms. The highest BCUT2D eigenvalue weighted by Crippen LogP contribution is 1.79. The third-order valence-electron chi connectivity index (χ3n) is 0.425. The lowest BCUT2D eigenvalue weighted by Crippen LogP contribution is -1.97. The quantitative estimate of drug-likeness (QED) is 0.434. The zero-order valence-electron chi connectivity index (χ0n) is 7.45. The lowest BCUT2D eigenvalue weighted by atomic mass is 10.8. The Balaban J connectivity index is -0.000000101. The molecule has 0 fully saturated rings. The van der Waals surface area contributed by atoms with Crippen molar-refractivity contribution in [3.05, 3.63) is 0 Å². The van der Waals surface area contributed by atoms with Crippen molar-refractivity contribution in [2.24, 2.45) is 11.5 Å². The topological polar surface area (TPSA) is 52.0 Å². The van der Waals surface area contributed by atoms with Gasteiger partial charge in [-0.3, -0.25) is 0 Å². The maximum absolute atomic E-state index is 5.01. The van der Waals surface area contributed by atoms with Gasteiger partial charge in [0.15, 0.2) is 0 Å². The van der Waals surface area contributed by atoms with Crippen LogP contribution in [0.3, 0.4) is 0 Å². The Hall–Kier alpha value is 1.48. The van der Waals surface area contributed by atoms with Crippen LogP contribution in [0.5, 0.6) is 0 Å². The van der Waals surface area contributed by atoms with Crippen molar-refractivity contribution in [3.63, 3.8) is 0 Å². The van der Waals surface area contributed by atoms with Crippen molar-refractivity contribution < 1.29 is 0 Å². The fourth-order valence-electron chi connectivity index (χ4n) is 0. The first-order valence-electron chi connectivity index (χ1n) is 3.77. The van der Waals surface area contributed by atoms with E-state index in [4.69, 9.17) is 11.5 Å². The number of hydrogen-bond acceptors (Lipinski definition) is 4. The maximum atomic E-state index is 5.01. The van der Waals surface area contributed by atoms with Gasteiger partial charge in [-0.2, -0.15) is 25.3 Å². The summed E-state index contributed by atoms with van der Waals surface area (Å²) >= 11 is 7.70. The van der Waals surface area contributed by atoms with Crippen LogP contribution in [-0.4, -0.2) is 36.9 Å². The van der Waals surface area contributed by atoms with Gasteiger partial charge in [-0.05, 0) is 24.6 Å². The van der Waals surface area contributed by atoms with Crippen LogP contribution < -0.4 is 11.5 Å². The zero-order valence-corrected chi connectivity index (χ0v) is 11.5. The third kappa shape index (κ3) is 62.8. The van der Waals surface area contributed by atoms with E-state index < -0.39 is 0 Å². The van der Waals surface area contributed by atoms with Crippen molar-refractivity contribution >= 4 is 43.7 Å². The van der Waals surface area contributed by atoms with Crippen LogP contribution in [-0.2, 0) is 0 Å². The van der Waals surface area contributed by atoms with Crippen molar-refractivity contribution in [1.29, 1.82) is 0 Å². The van der Waals surface area contributed by atoms with Crippen molar-refractivity contribution in [3.8, 4) is 0 Å². The smallest absolute Gasteiger partial charge is 0.00255 e. The van der Waals surface area contributed by atoms with Crippen LogP contribution >= 0.6 is 43.7 Å². The van der Waals surface area contributed by atoms with Crippen LogP contribution in [0, 0.1) is 0 Å². The first kappa shape index (κ1) is 19.1. The average molecular weight is 248 g/mol. The van der Waals surface area contributed by atoms with Gasteiger partial charge in [0.05, 0.1) is 0 Å². The molecule has 0 saturated carbocycles. The second-order valence-electron chi connectivity index (χ2n) is 1.60. The van der Waals surface area contributed by atoms with Crippen LogP contribution in [0.1, 0.15) is 0 Å². The molecule has 0 bridgehead atoms. The van der Waals surface area contributed by atoms with E-state index in [-0.39, 0.29) is 0 Å². The highest BCUT2D eigenvalue weighted by atomic mass is 32.1. The molecule has 0 aromatic carbocycles. The van der Waals surface area contributed by atoms with Gasteiger partial charge in [-0.1, -0.05) is 0 Å². The molecule has 4 N–H and O–H groups in total. The molecule has 0 radical (unpaired) electrons. The molecular weight excluding hydrogens is 226 g/mol. The molecule has 78 valence electrons. The Labute approximate surface area is 92.2 Å². The van der Waals surface area contributed by atoms with Crippen LogP contribution in [0.2, 0.25) is 0 Å². The summed E-state index contributed by atoms with van der Waals surface area (Å²) in [5.41, 5.74) is 9.96. The van der Waals surface area contributed by atoms with Crippen molar-refractivity contribution in [2.45, 2.75) is 0 Å². The number of thiol groups is 2. The van der Waals surface area contributed by atoms with E-state index in [9.17, 15) is 0 Å². The van der Waals surface area contributed by atoms with Gasteiger partial charge in [0.2, 0.25) is 0 Å². The second kappa shape index (κ2) is 29.4. The summed E-state index contributed by atoms with van der Waals surface area (Å²) in [7, 11) is 5.11. The van der Waals surface area contributed by atoms with Crippen LogP contribution in [0.25, 0.3) is 0 Å². The fourth-order valence-corrected chi connectivity index (χ4v) is 0. The molecule has 0 aliphatic rings. The fraction of sp³-hybridized carbons (Fsp3) is 1.00. The molecule has 0 aromatic rings. The lowest BCUT2D eigenvalue weighted by molar-refractivity contribution is 1.15. The van der Waals surface area contributed by atoms with Gasteiger partial charge in [0, 0.05) is 12.3 Å². The van der Waals surface area contributed by atoms with Gasteiger partial charge in [-0.25, -0.2) is 0 Å². The van der Waals surface area contributed by atoms with E-state index >= 15 is 0 Å². The molecule has 0 amide bonds. The highest BCUT2D eigenvalue weighted by molar-refractivity contribution is 7.80. The Morgan fingerprint density at radius 3 is 1.08 bits per heavy atom. The largest absolute Gasteiger partial charge is 0.330 e. The van der Waals surface area contributed by atoms with E-state index in [0.717, 1.165) is 30.4 Å². The summed E-state index contributed by atoms with van der Waals surface area (Å²) < 4.78 is 0. The van der Waals surface area contributed by atoms with E-state index in [0.29, 0.717) is 6.54 Å². The van der Waals surface area contributed by atoms with Crippen LogP contribution in [0.15, 0.2) is 0 Å². The van der Waals surface area contributed by atoms with Crippen LogP contribution in [0.4, 0.5) is 0 Å². The predicted octanol–water partition coefficient (Wildman–Crippen LogP) is 0.486. The molecule has 6 heteroatoms. The molecule has 2 nitrogen and oxygen atoms in total. The Kier molecular flexibility index (Phi) is 46.8. The summed E-state index contributed by atoms with van der Waals surface area (Å²) in [6.45, 7) is 1.47. The van der Waals surface area contributed by atoms with Crippen molar-refractivity contribution in [1.82, 2.24) is 0 Å². The minimum Gasteiger partial charge on any atom is -0.330 e. The molecule has 2 unspecified atom stereocenters. The summed E-state index contributed by atoms with van der Waals surface area (Å²) in [6.07, 6.45) is 2.11. The van der Waals surface area contributed by atoms with E-state index in [2.05, 4.69) is 43.7 Å². The van der Waals surface area contributed by atoms with Gasteiger partial charge in [0.25, 0.3) is 0 Å². The average Bonchev–Trinajstić information content (AvgIpc) is 2.18. The monoisotopic (exact) mass is 248 g/mol. The van der Waals surface area contributed by atoms with E-state index in [1.807, 2.05) is 0 Å². The standard InChI is InChI=1S/C2H8NP.C2H7NS.C2H7PS/c3*3-1-2-4/h1-4H2;2*4H,1-3H2.